The monoisotopic (exact) mass is 327 g/mol. The molecule has 3 rings (SSSR count). The van der Waals surface area contributed by atoms with Crippen LogP contribution in [0.5, 0.6) is 0 Å². The Balaban J connectivity index is 1.97. The molecule has 0 saturated carbocycles. The molecule has 7 nitrogen and oxygen atoms in total. The third kappa shape index (κ3) is 3.22. The first kappa shape index (κ1) is 15.6. The van der Waals surface area contributed by atoms with Gasteiger partial charge in [-0.15, -0.1) is 0 Å². The van der Waals surface area contributed by atoms with Gasteiger partial charge in [-0.05, 0) is 32.0 Å². The van der Waals surface area contributed by atoms with Gasteiger partial charge in [-0.1, -0.05) is 6.07 Å². The van der Waals surface area contributed by atoms with E-state index in [2.05, 4.69) is 20.4 Å². The van der Waals surface area contributed by atoms with E-state index in [1.807, 2.05) is 0 Å². The van der Waals surface area contributed by atoms with Gasteiger partial charge in [0.1, 0.15) is 11.6 Å². The predicted molar refractivity (Wildman–Crippen MR) is 85.8 cm³/mol. The minimum absolute atomic E-state index is 0.172. The van der Waals surface area contributed by atoms with E-state index in [1.165, 1.54) is 28.9 Å². The van der Waals surface area contributed by atoms with Gasteiger partial charge in [0.2, 0.25) is 5.95 Å². The number of aromatic amines is 1. The van der Waals surface area contributed by atoms with E-state index < -0.39 is 17.3 Å². The average Bonchev–Trinajstić information content (AvgIpc) is 2.87. The summed E-state index contributed by atoms with van der Waals surface area (Å²) in [7, 11) is 0. The van der Waals surface area contributed by atoms with Crippen LogP contribution in [0.1, 0.15) is 21.7 Å². The zero-order chi connectivity index (χ0) is 17.3. The maximum Gasteiger partial charge on any atom is 0.274 e. The summed E-state index contributed by atoms with van der Waals surface area (Å²) in [6.45, 7) is 3.45. The van der Waals surface area contributed by atoms with Crippen molar-refractivity contribution in [2.75, 3.05) is 5.32 Å². The molecule has 0 spiro atoms. The number of anilines is 1. The predicted octanol–water partition coefficient (Wildman–Crippen LogP) is 1.96. The maximum absolute atomic E-state index is 13.3. The molecule has 0 radical (unpaired) electrons. The summed E-state index contributed by atoms with van der Waals surface area (Å²) in [6.07, 6.45) is 0. The second-order valence-electron chi connectivity index (χ2n) is 5.27. The first-order chi connectivity index (χ1) is 11.4. The van der Waals surface area contributed by atoms with E-state index in [0.29, 0.717) is 17.2 Å². The van der Waals surface area contributed by atoms with Crippen molar-refractivity contribution in [3.63, 3.8) is 0 Å². The quantitative estimate of drug-likeness (QED) is 0.769. The number of aromatic nitrogens is 4. The van der Waals surface area contributed by atoms with E-state index in [1.54, 1.807) is 19.9 Å². The van der Waals surface area contributed by atoms with Crippen molar-refractivity contribution in [2.45, 2.75) is 13.8 Å². The lowest BCUT2D eigenvalue weighted by Gasteiger charge is -2.08. The largest absolute Gasteiger partial charge is 0.328 e. The third-order valence-corrected chi connectivity index (χ3v) is 3.23. The molecule has 0 fully saturated rings. The summed E-state index contributed by atoms with van der Waals surface area (Å²) in [6, 6.07) is 8.32. The molecule has 2 heterocycles. The molecule has 2 aromatic heterocycles. The van der Waals surface area contributed by atoms with Crippen LogP contribution in [0.3, 0.4) is 0 Å². The Morgan fingerprint density at radius 1 is 1.25 bits per heavy atom. The van der Waals surface area contributed by atoms with Gasteiger partial charge >= 0.3 is 0 Å². The molecule has 2 N–H and O–H groups in total. The number of rotatable bonds is 3. The van der Waals surface area contributed by atoms with Gasteiger partial charge in [0.05, 0.1) is 5.69 Å². The molecule has 0 aliphatic carbocycles. The summed E-state index contributed by atoms with van der Waals surface area (Å²) < 4.78 is 14.6. The number of amides is 1. The molecule has 24 heavy (non-hydrogen) atoms. The van der Waals surface area contributed by atoms with Gasteiger partial charge in [-0.3, -0.25) is 9.59 Å². The minimum atomic E-state index is -0.503. The highest BCUT2D eigenvalue weighted by Crippen LogP contribution is 2.15. The normalized spacial score (nSPS) is 10.6. The summed E-state index contributed by atoms with van der Waals surface area (Å²) in [5, 5.41) is 6.87. The van der Waals surface area contributed by atoms with Gasteiger partial charge < -0.3 is 10.3 Å². The fourth-order valence-corrected chi connectivity index (χ4v) is 2.23. The number of carbonyl (C=O) groups is 1. The van der Waals surface area contributed by atoms with E-state index in [0.717, 1.165) is 6.07 Å². The molecule has 122 valence electrons. The number of halogens is 1. The molecule has 8 heteroatoms. The van der Waals surface area contributed by atoms with E-state index >= 15 is 0 Å². The van der Waals surface area contributed by atoms with Crippen LogP contribution in [0.4, 0.5) is 10.2 Å². The topological polar surface area (TPSA) is 92.7 Å². The van der Waals surface area contributed by atoms with E-state index in [4.69, 9.17) is 0 Å². The van der Waals surface area contributed by atoms with Crippen molar-refractivity contribution in [2.24, 2.45) is 0 Å². The van der Waals surface area contributed by atoms with Crippen LogP contribution in [0.2, 0.25) is 0 Å². The van der Waals surface area contributed by atoms with Crippen LogP contribution in [-0.2, 0) is 0 Å². The van der Waals surface area contributed by atoms with Crippen molar-refractivity contribution in [1.29, 1.82) is 0 Å². The molecule has 0 aliphatic rings. The van der Waals surface area contributed by atoms with Gasteiger partial charge in [0, 0.05) is 23.4 Å². The van der Waals surface area contributed by atoms with Crippen molar-refractivity contribution in [3.8, 4) is 5.95 Å². The van der Waals surface area contributed by atoms with Gasteiger partial charge in [0.15, 0.2) is 0 Å². The second-order valence-corrected chi connectivity index (χ2v) is 5.27. The molecule has 0 bridgehead atoms. The van der Waals surface area contributed by atoms with Crippen LogP contribution in [0.15, 0.2) is 41.2 Å². The molecule has 3 aromatic rings. The second kappa shape index (κ2) is 6.07. The Labute approximate surface area is 136 Å². The van der Waals surface area contributed by atoms with Crippen LogP contribution < -0.4 is 10.9 Å². The molecular formula is C16H14FN5O2. The van der Waals surface area contributed by atoms with Crippen LogP contribution in [-0.4, -0.2) is 25.7 Å². The highest BCUT2D eigenvalue weighted by Gasteiger charge is 2.14. The SMILES string of the molecule is Cc1cc(NC(=O)c2cccc(F)c2)n(-c2nc(=O)cc(C)[nH]2)n1. The minimum Gasteiger partial charge on any atom is -0.328 e. The Bertz CT molecular complexity index is 977. The first-order valence-corrected chi connectivity index (χ1v) is 7.14. The van der Waals surface area contributed by atoms with Crippen molar-refractivity contribution < 1.29 is 9.18 Å². The molecule has 0 saturated heterocycles. The molecule has 1 amide bonds. The number of hydrogen-bond donors (Lipinski definition) is 2. The summed E-state index contributed by atoms with van der Waals surface area (Å²) in [5.41, 5.74) is 0.983. The standard InChI is InChI=1S/C16H14FN5O2/c1-9-7-14(23)20-16(18-9)22-13(6-10(2)21-22)19-15(24)11-4-3-5-12(17)8-11/h3-8H,1-2H3,(H,19,24)(H,18,20,23). The van der Waals surface area contributed by atoms with E-state index in [9.17, 15) is 14.0 Å². The number of carbonyl (C=O) groups excluding carboxylic acids is 1. The van der Waals surface area contributed by atoms with Gasteiger partial charge in [-0.25, -0.2) is 4.39 Å². The fourth-order valence-electron chi connectivity index (χ4n) is 2.23. The summed E-state index contributed by atoms with van der Waals surface area (Å²) in [4.78, 5) is 30.6. The summed E-state index contributed by atoms with van der Waals surface area (Å²) >= 11 is 0. The van der Waals surface area contributed by atoms with Crippen molar-refractivity contribution >= 4 is 11.7 Å². The molecule has 0 atom stereocenters. The zero-order valence-corrected chi connectivity index (χ0v) is 13.0. The fraction of sp³-hybridized carbons (Fsp3) is 0.125. The molecule has 1 aromatic carbocycles. The summed E-state index contributed by atoms with van der Waals surface area (Å²) in [5.74, 6) is -0.499. The van der Waals surface area contributed by atoms with Crippen molar-refractivity contribution in [3.05, 3.63) is 69.5 Å². The lowest BCUT2D eigenvalue weighted by atomic mass is 10.2. The lowest BCUT2D eigenvalue weighted by Crippen LogP contribution is -2.19. The highest BCUT2D eigenvalue weighted by molar-refractivity contribution is 6.03. The first-order valence-electron chi connectivity index (χ1n) is 7.14. The molecule has 0 unspecified atom stereocenters. The van der Waals surface area contributed by atoms with Gasteiger partial charge in [0.25, 0.3) is 11.5 Å². The van der Waals surface area contributed by atoms with E-state index in [-0.39, 0.29) is 11.5 Å². The number of hydrogen-bond acceptors (Lipinski definition) is 4. The average molecular weight is 327 g/mol. The zero-order valence-electron chi connectivity index (χ0n) is 13.0. The maximum atomic E-state index is 13.3. The van der Waals surface area contributed by atoms with Gasteiger partial charge in [-0.2, -0.15) is 14.8 Å². The van der Waals surface area contributed by atoms with Crippen LogP contribution >= 0.6 is 0 Å². The number of nitrogens with one attached hydrogen (secondary N) is 2. The Hall–Kier alpha value is -3.29. The van der Waals surface area contributed by atoms with Crippen LogP contribution in [0, 0.1) is 19.7 Å². The Kier molecular flexibility index (Phi) is 3.95. The van der Waals surface area contributed by atoms with Crippen LogP contribution in [0.25, 0.3) is 5.95 Å². The highest BCUT2D eigenvalue weighted by atomic mass is 19.1. The number of H-pyrrole nitrogens is 1. The smallest absolute Gasteiger partial charge is 0.274 e. The Morgan fingerprint density at radius 2 is 2.04 bits per heavy atom. The number of aryl methyl sites for hydroxylation is 2. The number of nitrogens with zero attached hydrogens (tertiary/aromatic N) is 3. The van der Waals surface area contributed by atoms with Crippen molar-refractivity contribution in [1.82, 2.24) is 19.7 Å². The molecular weight excluding hydrogens is 313 g/mol. The lowest BCUT2D eigenvalue weighted by molar-refractivity contribution is 0.102. The molecule has 0 aliphatic heterocycles. The third-order valence-electron chi connectivity index (χ3n) is 3.23. The Morgan fingerprint density at radius 3 is 2.75 bits per heavy atom. The number of benzene rings is 1.